The molecule has 1 fully saturated rings. The smallest absolute Gasteiger partial charge is 0.416 e. The van der Waals surface area contributed by atoms with Gasteiger partial charge in [0.05, 0.1) is 24.7 Å². The third-order valence-electron chi connectivity index (χ3n) is 4.42. The fourth-order valence-corrected chi connectivity index (χ4v) is 3.10. The van der Waals surface area contributed by atoms with Crippen molar-refractivity contribution in [1.82, 2.24) is 4.90 Å². The number of alkyl halides is 3. The molecule has 0 N–H and O–H groups in total. The van der Waals surface area contributed by atoms with Crippen LogP contribution < -0.4 is 4.74 Å². The Bertz CT molecular complexity index is 584. The van der Waals surface area contributed by atoms with Gasteiger partial charge in [0.15, 0.2) is 0 Å². The summed E-state index contributed by atoms with van der Waals surface area (Å²) in [7, 11) is 0. The van der Waals surface area contributed by atoms with E-state index in [1.807, 2.05) is 6.92 Å². The van der Waals surface area contributed by atoms with Crippen molar-refractivity contribution in [2.24, 2.45) is 5.92 Å². The van der Waals surface area contributed by atoms with Gasteiger partial charge in [-0.15, -0.1) is 12.4 Å². The molecular weight excluding hydrogens is 383 g/mol. The molecule has 2 rings (SSSR count). The van der Waals surface area contributed by atoms with E-state index in [4.69, 9.17) is 9.47 Å². The largest absolute Gasteiger partial charge is 0.494 e. The van der Waals surface area contributed by atoms with E-state index in [0.717, 1.165) is 50.9 Å². The molecule has 8 heteroatoms. The summed E-state index contributed by atoms with van der Waals surface area (Å²) in [6.45, 7) is 5.11. The molecule has 0 saturated carbocycles. The Balaban J connectivity index is 0.00000364. The highest BCUT2D eigenvalue weighted by Crippen LogP contribution is 2.31. The standard InChI is InChI=1S/C19H26F3NO3.ClH/c1-2-25-18(24)15-7-6-11-23(14-15)10-3-4-12-26-17-9-5-8-16(13-17)19(20,21)22;/h5,8-9,13,15H,2-4,6-7,10-12,14H2,1H3;1H. The Kier molecular flexibility index (Phi) is 9.94. The lowest BCUT2D eigenvalue weighted by Gasteiger charge is -2.31. The lowest BCUT2D eigenvalue weighted by molar-refractivity contribution is -0.150. The van der Waals surface area contributed by atoms with Crippen LogP contribution in [0.15, 0.2) is 24.3 Å². The number of hydrogen-bond donors (Lipinski definition) is 0. The van der Waals surface area contributed by atoms with E-state index in [0.29, 0.717) is 19.8 Å². The third kappa shape index (κ3) is 7.97. The van der Waals surface area contributed by atoms with Gasteiger partial charge in [0.25, 0.3) is 0 Å². The van der Waals surface area contributed by atoms with Crippen molar-refractivity contribution in [3.05, 3.63) is 29.8 Å². The average molecular weight is 410 g/mol. The summed E-state index contributed by atoms with van der Waals surface area (Å²) in [4.78, 5) is 14.1. The fraction of sp³-hybridized carbons (Fsp3) is 0.632. The second-order valence-electron chi connectivity index (χ2n) is 6.47. The first-order valence-corrected chi connectivity index (χ1v) is 9.09. The Hall–Kier alpha value is -1.47. The normalized spacial score (nSPS) is 17.9. The Morgan fingerprint density at radius 3 is 2.78 bits per heavy atom. The molecule has 0 spiro atoms. The van der Waals surface area contributed by atoms with E-state index in [1.54, 1.807) is 0 Å². The minimum atomic E-state index is -4.36. The number of piperidine rings is 1. The molecule has 1 unspecified atom stereocenters. The number of halogens is 4. The Morgan fingerprint density at radius 1 is 1.30 bits per heavy atom. The summed E-state index contributed by atoms with van der Waals surface area (Å²) < 4.78 is 48.5. The summed E-state index contributed by atoms with van der Waals surface area (Å²) >= 11 is 0. The van der Waals surface area contributed by atoms with Crippen molar-refractivity contribution in [2.45, 2.75) is 38.8 Å². The molecule has 0 amide bonds. The molecular formula is C19H27ClF3NO3. The van der Waals surface area contributed by atoms with Gasteiger partial charge in [-0.25, -0.2) is 0 Å². The molecule has 1 atom stereocenters. The average Bonchev–Trinajstić information content (AvgIpc) is 2.61. The zero-order valence-corrected chi connectivity index (χ0v) is 16.3. The van der Waals surface area contributed by atoms with Crippen LogP contribution in [0.2, 0.25) is 0 Å². The number of likely N-dealkylation sites (tertiary alicyclic amines) is 1. The monoisotopic (exact) mass is 409 g/mol. The second-order valence-corrected chi connectivity index (χ2v) is 6.47. The number of carbonyl (C=O) groups is 1. The maximum absolute atomic E-state index is 12.7. The van der Waals surface area contributed by atoms with Crippen molar-refractivity contribution in [2.75, 3.05) is 32.8 Å². The number of nitrogens with zero attached hydrogens (tertiary/aromatic N) is 1. The molecule has 27 heavy (non-hydrogen) atoms. The Morgan fingerprint density at radius 2 is 2.07 bits per heavy atom. The molecule has 0 bridgehead atoms. The van der Waals surface area contributed by atoms with Crippen molar-refractivity contribution in [1.29, 1.82) is 0 Å². The minimum Gasteiger partial charge on any atom is -0.494 e. The summed E-state index contributed by atoms with van der Waals surface area (Å²) in [6, 6.07) is 4.93. The quantitative estimate of drug-likeness (QED) is 0.466. The molecule has 4 nitrogen and oxygen atoms in total. The van der Waals surface area contributed by atoms with Crippen LogP contribution in [-0.2, 0) is 15.7 Å². The number of unbranched alkanes of at least 4 members (excludes halogenated alkanes) is 1. The van der Waals surface area contributed by atoms with Crippen LogP contribution >= 0.6 is 12.4 Å². The van der Waals surface area contributed by atoms with Crippen molar-refractivity contribution >= 4 is 18.4 Å². The molecule has 1 aromatic rings. The lowest BCUT2D eigenvalue weighted by Crippen LogP contribution is -2.39. The molecule has 1 heterocycles. The molecule has 1 aliphatic heterocycles. The zero-order chi connectivity index (χ0) is 19.0. The van der Waals surface area contributed by atoms with Crippen LogP contribution in [0.25, 0.3) is 0 Å². The van der Waals surface area contributed by atoms with Gasteiger partial charge in [0.2, 0.25) is 0 Å². The first-order valence-electron chi connectivity index (χ1n) is 9.09. The van der Waals surface area contributed by atoms with E-state index in [2.05, 4.69) is 4.90 Å². The van der Waals surface area contributed by atoms with Crippen LogP contribution in [0.5, 0.6) is 5.75 Å². The van der Waals surface area contributed by atoms with Gasteiger partial charge in [-0.05, 0) is 63.9 Å². The molecule has 1 aromatic carbocycles. The molecule has 0 aliphatic carbocycles. The number of hydrogen-bond acceptors (Lipinski definition) is 4. The predicted octanol–water partition coefficient (Wildman–Crippen LogP) is 4.56. The summed E-state index contributed by atoms with van der Waals surface area (Å²) in [5, 5.41) is 0. The highest BCUT2D eigenvalue weighted by Gasteiger charge is 2.30. The molecule has 154 valence electrons. The van der Waals surface area contributed by atoms with E-state index in [1.165, 1.54) is 12.1 Å². The molecule has 1 aliphatic rings. The third-order valence-corrected chi connectivity index (χ3v) is 4.42. The summed E-state index contributed by atoms with van der Waals surface area (Å²) in [5.41, 5.74) is -0.701. The zero-order valence-electron chi connectivity index (χ0n) is 15.5. The van der Waals surface area contributed by atoms with Gasteiger partial charge < -0.3 is 14.4 Å². The second kappa shape index (κ2) is 11.4. The van der Waals surface area contributed by atoms with Crippen LogP contribution in [0.3, 0.4) is 0 Å². The van der Waals surface area contributed by atoms with Gasteiger partial charge in [-0.3, -0.25) is 4.79 Å². The topological polar surface area (TPSA) is 38.8 Å². The van der Waals surface area contributed by atoms with Crippen molar-refractivity contribution in [3.63, 3.8) is 0 Å². The van der Waals surface area contributed by atoms with Crippen LogP contribution in [0, 0.1) is 5.92 Å². The van der Waals surface area contributed by atoms with Gasteiger partial charge in [-0.2, -0.15) is 13.2 Å². The lowest BCUT2D eigenvalue weighted by atomic mass is 9.98. The van der Waals surface area contributed by atoms with Crippen LogP contribution in [-0.4, -0.2) is 43.7 Å². The maximum atomic E-state index is 12.7. The SMILES string of the molecule is CCOC(=O)C1CCCN(CCCCOc2cccc(C(F)(F)F)c2)C1.Cl. The maximum Gasteiger partial charge on any atom is 0.416 e. The predicted molar refractivity (Wildman–Crippen MR) is 99.2 cm³/mol. The van der Waals surface area contributed by atoms with Gasteiger partial charge in [0.1, 0.15) is 5.75 Å². The van der Waals surface area contributed by atoms with Gasteiger partial charge in [0, 0.05) is 6.54 Å². The highest BCUT2D eigenvalue weighted by molar-refractivity contribution is 5.85. The van der Waals surface area contributed by atoms with E-state index >= 15 is 0 Å². The number of ether oxygens (including phenoxy) is 2. The first kappa shape index (κ1) is 23.6. The van der Waals surface area contributed by atoms with Crippen molar-refractivity contribution in [3.8, 4) is 5.75 Å². The van der Waals surface area contributed by atoms with Crippen LogP contribution in [0.4, 0.5) is 13.2 Å². The van der Waals surface area contributed by atoms with E-state index in [9.17, 15) is 18.0 Å². The summed E-state index contributed by atoms with van der Waals surface area (Å²) in [6.07, 6.45) is -0.896. The molecule has 0 aromatic heterocycles. The van der Waals surface area contributed by atoms with E-state index < -0.39 is 11.7 Å². The number of esters is 1. The first-order chi connectivity index (χ1) is 12.4. The number of benzene rings is 1. The van der Waals surface area contributed by atoms with Gasteiger partial charge >= 0.3 is 12.1 Å². The number of rotatable bonds is 8. The van der Waals surface area contributed by atoms with Gasteiger partial charge in [-0.1, -0.05) is 6.07 Å². The number of carbonyl (C=O) groups excluding carboxylic acids is 1. The Labute approximate surface area is 164 Å². The molecule has 0 radical (unpaired) electrons. The highest BCUT2D eigenvalue weighted by atomic mass is 35.5. The van der Waals surface area contributed by atoms with Crippen molar-refractivity contribution < 1.29 is 27.4 Å². The van der Waals surface area contributed by atoms with Crippen LogP contribution in [0.1, 0.15) is 38.2 Å². The summed E-state index contributed by atoms with van der Waals surface area (Å²) in [5.74, 6) is 0.0651. The van der Waals surface area contributed by atoms with E-state index in [-0.39, 0.29) is 30.0 Å². The fourth-order valence-electron chi connectivity index (χ4n) is 3.10. The minimum absolute atomic E-state index is 0. The molecule has 1 saturated heterocycles.